The van der Waals surface area contributed by atoms with Gasteiger partial charge in [0.05, 0.1) is 4.92 Å². The van der Waals surface area contributed by atoms with E-state index in [2.05, 4.69) is 31.2 Å². The van der Waals surface area contributed by atoms with Crippen LogP contribution >= 0.6 is 15.9 Å². The van der Waals surface area contributed by atoms with Crippen molar-refractivity contribution < 1.29 is 9.66 Å². The summed E-state index contributed by atoms with van der Waals surface area (Å²) in [5, 5.41) is 14.1. The predicted octanol–water partition coefficient (Wildman–Crippen LogP) is 3.68. The molecule has 0 bridgehead atoms. The molecule has 1 aromatic heterocycles. The Morgan fingerprint density at radius 2 is 2.14 bits per heavy atom. The minimum atomic E-state index is -0.501. The van der Waals surface area contributed by atoms with Gasteiger partial charge in [-0.3, -0.25) is 10.1 Å². The van der Waals surface area contributed by atoms with Crippen LogP contribution in [0.25, 0.3) is 0 Å². The van der Waals surface area contributed by atoms with E-state index in [0.29, 0.717) is 22.7 Å². The van der Waals surface area contributed by atoms with Crippen LogP contribution in [0.15, 0.2) is 28.7 Å². The van der Waals surface area contributed by atoms with E-state index < -0.39 is 4.92 Å². The van der Waals surface area contributed by atoms with Gasteiger partial charge in [0.15, 0.2) is 0 Å². The van der Waals surface area contributed by atoms with E-state index in [-0.39, 0.29) is 17.3 Å². The van der Waals surface area contributed by atoms with Crippen molar-refractivity contribution in [2.45, 2.75) is 13.8 Å². The lowest BCUT2D eigenvalue weighted by atomic mass is 10.3. The zero-order chi connectivity index (χ0) is 15.4. The number of hydrogen-bond acceptors (Lipinski definition) is 6. The van der Waals surface area contributed by atoms with E-state index in [4.69, 9.17) is 4.74 Å². The van der Waals surface area contributed by atoms with Crippen molar-refractivity contribution in [2.24, 2.45) is 0 Å². The number of aromatic nitrogens is 2. The molecule has 2 aromatic rings. The number of nitro benzene ring substituents is 1. The Labute approximate surface area is 129 Å². The summed E-state index contributed by atoms with van der Waals surface area (Å²) in [6.07, 6.45) is 0. The van der Waals surface area contributed by atoms with E-state index in [9.17, 15) is 10.1 Å². The van der Waals surface area contributed by atoms with E-state index in [1.807, 2.05) is 6.92 Å². The lowest BCUT2D eigenvalue weighted by molar-refractivity contribution is -0.385. The number of nitrogens with one attached hydrogen (secondary N) is 1. The summed E-state index contributed by atoms with van der Waals surface area (Å²) in [6, 6.07) is 6.17. The lowest BCUT2D eigenvalue weighted by Gasteiger charge is -2.08. The van der Waals surface area contributed by atoms with Crippen molar-refractivity contribution in [2.75, 3.05) is 11.9 Å². The Bertz CT molecular complexity index is 678. The van der Waals surface area contributed by atoms with Crippen LogP contribution in [0.1, 0.15) is 12.7 Å². The van der Waals surface area contributed by atoms with Gasteiger partial charge in [0.2, 0.25) is 11.6 Å². The van der Waals surface area contributed by atoms with Crippen LogP contribution in [-0.4, -0.2) is 21.4 Å². The molecule has 0 radical (unpaired) electrons. The first-order valence-electron chi connectivity index (χ1n) is 6.21. The molecule has 1 heterocycles. The van der Waals surface area contributed by atoms with Crippen molar-refractivity contribution in [3.05, 3.63) is 44.7 Å². The molecule has 0 unspecified atom stereocenters. The van der Waals surface area contributed by atoms with Gasteiger partial charge < -0.3 is 10.1 Å². The third kappa shape index (κ3) is 3.88. The molecule has 0 aliphatic heterocycles. The number of nitro groups is 1. The second-order valence-corrected chi connectivity index (χ2v) is 5.06. The maximum absolute atomic E-state index is 11.1. The molecule has 0 aliphatic rings. The van der Waals surface area contributed by atoms with E-state index >= 15 is 0 Å². The molecule has 110 valence electrons. The molecule has 0 saturated heterocycles. The minimum Gasteiger partial charge on any atom is -0.432 e. The van der Waals surface area contributed by atoms with Crippen LogP contribution in [0, 0.1) is 17.0 Å². The standard InChI is InChI=1S/C13H13BrN4O3/c1-3-15-12-7-13(17-8(2)16-12)21-11-5-4-9(14)6-10(11)18(19)20/h4-7H,3H2,1-2H3,(H,15,16,17). The predicted molar refractivity (Wildman–Crippen MR) is 81.8 cm³/mol. The number of aryl methyl sites for hydroxylation is 1. The number of ether oxygens (including phenoxy) is 1. The molecule has 1 aromatic carbocycles. The summed E-state index contributed by atoms with van der Waals surface area (Å²) >= 11 is 3.20. The summed E-state index contributed by atoms with van der Waals surface area (Å²) in [5.41, 5.74) is -0.134. The molecule has 0 saturated carbocycles. The molecule has 0 spiro atoms. The van der Waals surface area contributed by atoms with Crippen LogP contribution < -0.4 is 10.1 Å². The monoisotopic (exact) mass is 352 g/mol. The highest BCUT2D eigenvalue weighted by Gasteiger charge is 2.17. The van der Waals surface area contributed by atoms with Gasteiger partial charge in [0.25, 0.3) is 0 Å². The normalized spacial score (nSPS) is 10.2. The van der Waals surface area contributed by atoms with Crippen molar-refractivity contribution in [1.82, 2.24) is 9.97 Å². The molecule has 0 fully saturated rings. The molecule has 8 heteroatoms. The summed E-state index contributed by atoms with van der Waals surface area (Å²) in [5.74, 6) is 1.51. The van der Waals surface area contributed by atoms with Crippen LogP contribution in [0.2, 0.25) is 0 Å². The molecule has 2 rings (SSSR count). The first kappa shape index (κ1) is 15.2. The largest absolute Gasteiger partial charge is 0.432 e. The molecule has 0 atom stereocenters. The van der Waals surface area contributed by atoms with E-state index in [1.54, 1.807) is 19.1 Å². The van der Waals surface area contributed by atoms with Crippen LogP contribution in [0.5, 0.6) is 11.6 Å². The van der Waals surface area contributed by atoms with Crippen molar-refractivity contribution in [3.63, 3.8) is 0 Å². The number of nitrogens with zero attached hydrogens (tertiary/aromatic N) is 3. The fraction of sp³-hybridized carbons (Fsp3) is 0.231. The van der Waals surface area contributed by atoms with Crippen LogP contribution in [0.3, 0.4) is 0 Å². The van der Waals surface area contributed by atoms with Gasteiger partial charge in [-0.15, -0.1) is 0 Å². The van der Waals surface area contributed by atoms with Crippen molar-refractivity contribution >= 4 is 27.4 Å². The summed E-state index contributed by atoms with van der Waals surface area (Å²) in [4.78, 5) is 18.9. The van der Waals surface area contributed by atoms with Gasteiger partial charge >= 0.3 is 5.69 Å². The Hall–Kier alpha value is -2.22. The number of anilines is 1. The number of rotatable bonds is 5. The van der Waals surface area contributed by atoms with Gasteiger partial charge in [0.1, 0.15) is 11.6 Å². The van der Waals surface area contributed by atoms with Gasteiger partial charge in [-0.25, -0.2) is 4.98 Å². The molecular weight excluding hydrogens is 340 g/mol. The smallest absolute Gasteiger partial charge is 0.312 e. The third-order valence-corrected chi connectivity index (χ3v) is 3.00. The second kappa shape index (κ2) is 6.49. The van der Waals surface area contributed by atoms with Gasteiger partial charge in [-0.05, 0) is 26.0 Å². The van der Waals surface area contributed by atoms with Crippen molar-refractivity contribution in [1.29, 1.82) is 0 Å². The average Bonchev–Trinajstić information content (AvgIpc) is 2.40. The fourth-order valence-corrected chi connectivity index (χ4v) is 2.05. The highest BCUT2D eigenvalue weighted by molar-refractivity contribution is 9.10. The summed E-state index contributed by atoms with van der Waals surface area (Å²) in [6.45, 7) is 4.37. The first-order valence-corrected chi connectivity index (χ1v) is 7.00. The Morgan fingerprint density at radius 3 is 2.81 bits per heavy atom. The Balaban J connectivity index is 2.36. The van der Waals surface area contributed by atoms with E-state index in [1.165, 1.54) is 12.1 Å². The van der Waals surface area contributed by atoms with Gasteiger partial charge in [-0.2, -0.15) is 4.98 Å². The van der Waals surface area contributed by atoms with Gasteiger partial charge in [-0.1, -0.05) is 15.9 Å². The SMILES string of the molecule is CCNc1cc(Oc2ccc(Br)cc2[N+](=O)[O-])nc(C)n1. The minimum absolute atomic E-state index is 0.128. The summed E-state index contributed by atoms with van der Waals surface area (Å²) < 4.78 is 6.15. The molecule has 21 heavy (non-hydrogen) atoms. The quantitative estimate of drug-likeness (QED) is 0.651. The van der Waals surface area contributed by atoms with Crippen molar-refractivity contribution in [3.8, 4) is 11.6 Å². The molecule has 1 N–H and O–H groups in total. The number of hydrogen-bond donors (Lipinski definition) is 1. The maximum atomic E-state index is 11.1. The molecular formula is C13H13BrN4O3. The fourth-order valence-electron chi connectivity index (χ4n) is 1.70. The molecule has 0 amide bonds. The zero-order valence-corrected chi connectivity index (χ0v) is 13.0. The highest BCUT2D eigenvalue weighted by Crippen LogP contribution is 2.33. The average molecular weight is 353 g/mol. The van der Waals surface area contributed by atoms with Gasteiger partial charge in [0, 0.05) is 23.2 Å². The Kier molecular flexibility index (Phi) is 4.69. The van der Waals surface area contributed by atoms with Crippen LogP contribution in [-0.2, 0) is 0 Å². The second-order valence-electron chi connectivity index (χ2n) is 4.14. The van der Waals surface area contributed by atoms with Crippen LogP contribution in [0.4, 0.5) is 11.5 Å². The first-order chi connectivity index (χ1) is 9.99. The Morgan fingerprint density at radius 1 is 1.38 bits per heavy atom. The summed E-state index contributed by atoms with van der Waals surface area (Å²) in [7, 11) is 0. The lowest BCUT2D eigenvalue weighted by Crippen LogP contribution is -2.03. The highest BCUT2D eigenvalue weighted by atomic mass is 79.9. The third-order valence-electron chi connectivity index (χ3n) is 2.50. The number of benzene rings is 1. The van der Waals surface area contributed by atoms with E-state index in [0.717, 1.165) is 0 Å². The molecule has 0 aliphatic carbocycles. The zero-order valence-electron chi connectivity index (χ0n) is 11.5. The molecule has 7 nitrogen and oxygen atoms in total. The maximum Gasteiger partial charge on any atom is 0.312 e. The number of halogens is 1. The topological polar surface area (TPSA) is 90.2 Å².